The van der Waals surface area contributed by atoms with Gasteiger partial charge in [-0.1, -0.05) is 18.2 Å². The molecule has 192 valence electrons. The Morgan fingerprint density at radius 2 is 1.95 bits per heavy atom. The average molecular weight is 510 g/mol. The standard InChI is InChI=1S/C28H27N7O3/c1-16-4-2-6-23(31-16)32-28(38)26-18-7-9-20(12-18)35(26)24(36)15-34-22-10-8-17(19-5-3-11-30-14-19)13-21(22)25(33-34)27(29)37/h2-6,8,10-11,13-14,18,20,26H,7,9,12,15H2,1H3,(H2,29,37)(H,31,32,38)/t18?,20?,26-/m0/s1. The van der Waals surface area contributed by atoms with Crippen LogP contribution in [-0.4, -0.2) is 54.5 Å². The predicted molar refractivity (Wildman–Crippen MR) is 141 cm³/mol. The molecule has 1 saturated heterocycles. The fourth-order valence-corrected chi connectivity index (χ4v) is 5.90. The maximum absolute atomic E-state index is 13.7. The van der Waals surface area contributed by atoms with Crippen LogP contribution in [0.25, 0.3) is 22.0 Å². The number of nitrogens with one attached hydrogen (secondary N) is 1. The van der Waals surface area contributed by atoms with Crippen molar-refractivity contribution in [2.45, 2.75) is 44.8 Å². The average Bonchev–Trinajstić information content (AvgIpc) is 3.62. The Morgan fingerprint density at radius 1 is 1.08 bits per heavy atom. The molecule has 4 aromatic rings. The van der Waals surface area contributed by atoms with Gasteiger partial charge in [-0.3, -0.25) is 24.0 Å². The Hall–Kier alpha value is -4.60. The highest BCUT2D eigenvalue weighted by atomic mass is 16.2. The third-order valence-electron chi connectivity index (χ3n) is 7.55. The minimum atomic E-state index is -0.673. The fourth-order valence-electron chi connectivity index (χ4n) is 5.90. The molecule has 38 heavy (non-hydrogen) atoms. The molecule has 4 heterocycles. The van der Waals surface area contributed by atoms with Crippen molar-refractivity contribution in [2.75, 3.05) is 5.32 Å². The number of aryl methyl sites for hydroxylation is 1. The van der Waals surface area contributed by atoms with Crippen molar-refractivity contribution in [3.8, 4) is 11.1 Å². The number of nitrogens with zero attached hydrogens (tertiary/aromatic N) is 5. The smallest absolute Gasteiger partial charge is 0.269 e. The van der Waals surface area contributed by atoms with Gasteiger partial charge in [0.15, 0.2) is 5.69 Å². The van der Waals surface area contributed by atoms with Gasteiger partial charge in [-0.05, 0) is 68.0 Å². The summed E-state index contributed by atoms with van der Waals surface area (Å²) in [6.45, 7) is 1.75. The van der Waals surface area contributed by atoms with Crippen LogP contribution >= 0.6 is 0 Å². The summed E-state index contributed by atoms with van der Waals surface area (Å²) in [6, 6.07) is 14.2. The quantitative estimate of drug-likeness (QED) is 0.410. The van der Waals surface area contributed by atoms with Crippen molar-refractivity contribution in [1.82, 2.24) is 24.6 Å². The molecule has 1 aliphatic carbocycles. The first kappa shape index (κ1) is 23.8. The van der Waals surface area contributed by atoms with Crippen LogP contribution in [0.2, 0.25) is 0 Å². The first-order valence-corrected chi connectivity index (χ1v) is 12.7. The number of aromatic nitrogens is 4. The fraction of sp³-hybridized carbons (Fsp3) is 0.286. The molecule has 3 amide bonds. The van der Waals surface area contributed by atoms with Gasteiger partial charge in [0, 0.05) is 35.1 Å². The molecule has 0 radical (unpaired) electrons. The lowest BCUT2D eigenvalue weighted by Gasteiger charge is -2.34. The van der Waals surface area contributed by atoms with Crippen LogP contribution in [0.5, 0.6) is 0 Å². The predicted octanol–water partition coefficient (Wildman–Crippen LogP) is 2.92. The lowest BCUT2D eigenvalue weighted by Crippen LogP contribution is -2.52. The normalized spacial score (nSPS) is 20.1. The highest BCUT2D eigenvalue weighted by Crippen LogP contribution is 2.43. The van der Waals surface area contributed by atoms with E-state index in [1.165, 1.54) is 4.68 Å². The van der Waals surface area contributed by atoms with Crippen LogP contribution in [-0.2, 0) is 16.1 Å². The number of anilines is 1. The summed E-state index contributed by atoms with van der Waals surface area (Å²) in [6.07, 6.45) is 5.99. The maximum Gasteiger partial charge on any atom is 0.269 e. The molecule has 3 N–H and O–H groups in total. The topological polar surface area (TPSA) is 136 Å². The molecule has 2 fully saturated rings. The first-order chi connectivity index (χ1) is 18.4. The molecule has 1 aliphatic heterocycles. The lowest BCUT2D eigenvalue weighted by atomic mass is 9.97. The molecular weight excluding hydrogens is 482 g/mol. The molecule has 2 unspecified atom stereocenters. The van der Waals surface area contributed by atoms with Crippen LogP contribution < -0.4 is 11.1 Å². The van der Waals surface area contributed by atoms with Crippen molar-refractivity contribution in [3.63, 3.8) is 0 Å². The van der Waals surface area contributed by atoms with Crippen LogP contribution in [0.15, 0.2) is 60.9 Å². The third kappa shape index (κ3) is 4.17. The number of fused-ring (bicyclic) bond motifs is 3. The Kier molecular flexibility index (Phi) is 5.86. The summed E-state index contributed by atoms with van der Waals surface area (Å²) in [5, 5.41) is 7.87. The van der Waals surface area contributed by atoms with E-state index in [2.05, 4.69) is 20.4 Å². The Bertz CT molecular complexity index is 1570. The largest absolute Gasteiger partial charge is 0.364 e. The van der Waals surface area contributed by atoms with Crippen LogP contribution in [0.4, 0.5) is 5.82 Å². The summed E-state index contributed by atoms with van der Waals surface area (Å²) in [5.74, 6) is -0.544. The van der Waals surface area contributed by atoms with E-state index >= 15 is 0 Å². The van der Waals surface area contributed by atoms with Gasteiger partial charge in [0.05, 0.1) is 5.52 Å². The summed E-state index contributed by atoms with van der Waals surface area (Å²) >= 11 is 0. The molecular formula is C28H27N7O3. The van der Waals surface area contributed by atoms with Gasteiger partial charge in [0.2, 0.25) is 11.8 Å². The van der Waals surface area contributed by atoms with E-state index in [-0.39, 0.29) is 36.0 Å². The van der Waals surface area contributed by atoms with Crippen molar-refractivity contribution < 1.29 is 14.4 Å². The summed E-state index contributed by atoms with van der Waals surface area (Å²) in [5.41, 5.74) is 8.91. The maximum atomic E-state index is 13.7. The van der Waals surface area contributed by atoms with Crippen molar-refractivity contribution >= 4 is 34.4 Å². The zero-order valence-corrected chi connectivity index (χ0v) is 20.9. The minimum Gasteiger partial charge on any atom is -0.364 e. The Morgan fingerprint density at radius 3 is 2.71 bits per heavy atom. The summed E-state index contributed by atoms with van der Waals surface area (Å²) in [7, 11) is 0. The number of amides is 3. The van der Waals surface area contributed by atoms with Gasteiger partial charge in [0.1, 0.15) is 18.4 Å². The zero-order valence-electron chi connectivity index (χ0n) is 20.9. The second-order valence-electron chi connectivity index (χ2n) is 9.97. The van der Waals surface area contributed by atoms with Gasteiger partial charge < -0.3 is 16.0 Å². The number of piperidine rings is 1. The minimum absolute atomic E-state index is 0.00309. The number of carbonyl (C=O) groups is 3. The highest BCUT2D eigenvalue weighted by molar-refractivity contribution is 6.05. The molecule has 1 saturated carbocycles. The molecule has 3 aromatic heterocycles. The van der Waals surface area contributed by atoms with E-state index in [1.807, 2.05) is 49.4 Å². The molecule has 10 nitrogen and oxygen atoms in total. The third-order valence-corrected chi connectivity index (χ3v) is 7.55. The van der Waals surface area contributed by atoms with E-state index in [9.17, 15) is 14.4 Å². The Balaban J connectivity index is 1.29. The summed E-state index contributed by atoms with van der Waals surface area (Å²) in [4.78, 5) is 49.5. The van der Waals surface area contributed by atoms with E-state index in [1.54, 1.807) is 23.4 Å². The van der Waals surface area contributed by atoms with Crippen molar-refractivity contribution in [3.05, 3.63) is 72.3 Å². The number of likely N-dealkylation sites (tertiary alicyclic amines) is 1. The van der Waals surface area contributed by atoms with E-state index in [0.717, 1.165) is 36.1 Å². The first-order valence-electron chi connectivity index (χ1n) is 12.7. The summed E-state index contributed by atoms with van der Waals surface area (Å²) < 4.78 is 1.51. The molecule has 10 heteroatoms. The van der Waals surface area contributed by atoms with Crippen LogP contribution in [0.1, 0.15) is 35.4 Å². The second-order valence-corrected chi connectivity index (χ2v) is 9.97. The number of benzene rings is 1. The van der Waals surface area contributed by atoms with Crippen molar-refractivity contribution in [1.29, 1.82) is 0 Å². The van der Waals surface area contributed by atoms with Gasteiger partial charge in [-0.15, -0.1) is 0 Å². The molecule has 2 bridgehead atoms. The van der Waals surface area contributed by atoms with Gasteiger partial charge in [-0.25, -0.2) is 4.98 Å². The number of nitrogens with two attached hydrogens (primary N) is 1. The van der Waals surface area contributed by atoms with E-state index in [0.29, 0.717) is 16.7 Å². The van der Waals surface area contributed by atoms with Gasteiger partial charge in [0.25, 0.3) is 5.91 Å². The lowest BCUT2D eigenvalue weighted by molar-refractivity contribution is -0.141. The van der Waals surface area contributed by atoms with Crippen LogP contribution in [0, 0.1) is 12.8 Å². The highest BCUT2D eigenvalue weighted by Gasteiger charge is 2.51. The number of hydrogen-bond acceptors (Lipinski definition) is 6. The second kappa shape index (κ2) is 9.37. The molecule has 0 spiro atoms. The molecule has 6 rings (SSSR count). The van der Waals surface area contributed by atoms with Crippen molar-refractivity contribution in [2.24, 2.45) is 11.7 Å². The number of carbonyl (C=O) groups excluding carboxylic acids is 3. The number of primary amides is 1. The number of rotatable bonds is 6. The van der Waals surface area contributed by atoms with Gasteiger partial charge in [-0.2, -0.15) is 5.10 Å². The Labute approximate surface area is 218 Å². The van der Waals surface area contributed by atoms with Crippen LogP contribution in [0.3, 0.4) is 0 Å². The number of pyridine rings is 2. The zero-order chi connectivity index (χ0) is 26.4. The molecule has 3 atom stereocenters. The molecule has 2 aliphatic rings. The monoisotopic (exact) mass is 509 g/mol. The SMILES string of the molecule is Cc1cccc(NC(=O)[C@@H]2C3CCC(C3)N2C(=O)Cn2nc(C(N)=O)c3cc(-c4cccnc4)ccc32)n1. The van der Waals surface area contributed by atoms with E-state index in [4.69, 9.17) is 5.73 Å². The number of hydrogen-bond donors (Lipinski definition) is 2. The van der Waals surface area contributed by atoms with Gasteiger partial charge >= 0.3 is 0 Å². The molecule has 1 aromatic carbocycles. The van der Waals surface area contributed by atoms with E-state index < -0.39 is 11.9 Å².